The summed E-state index contributed by atoms with van der Waals surface area (Å²) < 4.78 is 0. The summed E-state index contributed by atoms with van der Waals surface area (Å²) in [6.07, 6.45) is 5.68. The predicted molar refractivity (Wildman–Crippen MR) is 78.0 cm³/mol. The van der Waals surface area contributed by atoms with Gasteiger partial charge in [0.25, 0.3) is 0 Å². The minimum Gasteiger partial charge on any atom is -0.314 e. The number of hydrogen-bond donors (Lipinski definition) is 1. The molecule has 3 unspecified atom stereocenters. The van der Waals surface area contributed by atoms with Gasteiger partial charge in [-0.2, -0.15) is 0 Å². The lowest BCUT2D eigenvalue weighted by Crippen LogP contribution is -2.53. The van der Waals surface area contributed by atoms with Crippen molar-refractivity contribution < 1.29 is 0 Å². The molecule has 0 spiro atoms. The maximum absolute atomic E-state index is 3.71. The minimum atomic E-state index is 0.722. The molecule has 1 saturated heterocycles. The van der Waals surface area contributed by atoms with Gasteiger partial charge >= 0.3 is 0 Å². The topological polar surface area (TPSA) is 18.5 Å². The Morgan fingerprint density at radius 2 is 1.94 bits per heavy atom. The highest BCUT2D eigenvalue weighted by atomic mass is 15.3. The predicted octanol–water partition coefficient (Wildman–Crippen LogP) is 1.79. The first kappa shape index (κ1) is 14.3. The summed E-state index contributed by atoms with van der Waals surface area (Å²) in [5.41, 5.74) is 0. The van der Waals surface area contributed by atoms with Gasteiger partial charge in [0, 0.05) is 38.3 Å². The molecular weight excluding hydrogens is 222 g/mol. The smallest absolute Gasteiger partial charge is 0.0192 e. The van der Waals surface area contributed by atoms with Gasteiger partial charge in [-0.1, -0.05) is 19.8 Å². The zero-order chi connectivity index (χ0) is 13.0. The second kappa shape index (κ2) is 6.88. The van der Waals surface area contributed by atoms with Gasteiger partial charge in [-0.15, -0.1) is 0 Å². The van der Waals surface area contributed by atoms with Gasteiger partial charge in [0.05, 0.1) is 0 Å². The van der Waals surface area contributed by atoms with Crippen molar-refractivity contribution in [1.82, 2.24) is 15.1 Å². The molecule has 1 saturated carbocycles. The molecule has 0 bridgehead atoms. The number of piperazine rings is 1. The lowest BCUT2D eigenvalue weighted by Gasteiger charge is -2.41. The van der Waals surface area contributed by atoms with Crippen LogP contribution in [-0.2, 0) is 0 Å². The van der Waals surface area contributed by atoms with E-state index in [9.17, 15) is 0 Å². The zero-order valence-electron chi connectivity index (χ0n) is 12.5. The van der Waals surface area contributed by atoms with Gasteiger partial charge in [0.15, 0.2) is 0 Å². The van der Waals surface area contributed by atoms with E-state index >= 15 is 0 Å². The van der Waals surface area contributed by atoms with Crippen LogP contribution >= 0.6 is 0 Å². The van der Waals surface area contributed by atoms with Crippen LogP contribution in [0.3, 0.4) is 0 Å². The van der Waals surface area contributed by atoms with E-state index < -0.39 is 0 Å². The number of nitrogens with zero attached hydrogens (tertiary/aromatic N) is 2. The molecule has 0 radical (unpaired) electrons. The van der Waals surface area contributed by atoms with Gasteiger partial charge in [-0.3, -0.25) is 0 Å². The molecule has 3 heteroatoms. The van der Waals surface area contributed by atoms with Gasteiger partial charge in [0.1, 0.15) is 0 Å². The first-order chi connectivity index (χ1) is 8.70. The molecule has 0 aromatic heterocycles. The van der Waals surface area contributed by atoms with Crippen molar-refractivity contribution in [3.63, 3.8) is 0 Å². The van der Waals surface area contributed by atoms with E-state index in [-0.39, 0.29) is 0 Å². The summed E-state index contributed by atoms with van der Waals surface area (Å²) in [6, 6.07) is 1.50. The van der Waals surface area contributed by atoms with Gasteiger partial charge in [0.2, 0.25) is 0 Å². The second-order valence-corrected chi connectivity index (χ2v) is 6.30. The minimum absolute atomic E-state index is 0.722. The SMILES string of the molecule is CCNC1CCCCC1CN1CCN(C)C(C)C1. The Morgan fingerprint density at radius 3 is 2.67 bits per heavy atom. The monoisotopic (exact) mass is 253 g/mol. The maximum Gasteiger partial charge on any atom is 0.0192 e. The third-order valence-electron chi connectivity index (χ3n) is 4.91. The van der Waals surface area contributed by atoms with Crippen molar-refractivity contribution in [3.8, 4) is 0 Å². The highest BCUT2D eigenvalue weighted by Crippen LogP contribution is 2.26. The molecule has 2 fully saturated rings. The molecule has 1 aliphatic heterocycles. The van der Waals surface area contributed by atoms with Crippen LogP contribution in [0.4, 0.5) is 0 Å². The Bertz CT molecular complexity index is 242. The summed E-state index contributed by atoms with van der Waals surface area (Å²) in [5, 5.41) is 3.71. The quantitative estimate of drug-likeness (QED) is 0.824. The van der Waals surface area contributed by atoms with Crippen LogP contribution < -0.4 is 5.32 Å². The Labute approximate surface area is 113 Å². The average Bonchev–Trinajstić information content (AvgIpc) is 2.37. The standard InChI is InChI=1S/C15H31N3/c1-4-16-15-8-6-5-7-14(15)12-18-10-9-17(3)13(2)11-18/h13-16H,4-12H2,1-3H3. The van der Waals surface area contributed by atoms with E-state index in [1.54, 1.807) is 0 Å². The molecule has 1 heterocycles. The van der Waals surface area contributed by atoms with Crippen molar-refractivity contribution in [2.75, 3.05) is 39.8 Å². The van der Waals surface area contributed by atoms with E-state index in [2.05, 4.69) is 36.0 Å². The highest BCUT2D eigenvalue weighted by Gasteiger charge is 2.28. The van der Waals surface area contributed by atoms with Crippen LogP contribution in [-0.4, -0.2) is 61.7 Å². The van der Waals surface area contributed by atoms with Crippen LogP contribution in [0.5, 0.6) is 0 Å². The van der Waals surface area contributed by atoms with E-state index in [4.69, 9.17) is 0 Å². The van der Waals surface area contributed by atoms with Crippen LogP contribution in [0, 0.1) is 5.92 Å². The van der Waals surface area contributed by atoms with E-state index in [0.29, 0.717) is 0 Å². The molecule has 0 amide bonds. The Hall–Kier alpha value is -0.120. The Balaban J connectivity index is 1.83. The second-order valence-electron chi connectivity index (χ2n) is 6.30. The fourth-order valence-electron chi connectivity index (χ4n) is 3.58. The van der Waals surface area contributed by atoms with Crippen LogP contribution in [0.2, 0.25) is 0 Å². The van der Waals surface area contributed by atoms with Crippen molar-refractivity contribution in [2.45, 2.75) is 51.6 Å². The molecule has 2 rings (SSSR count). The fraction of sp³-hybridized carbons (Fsp3) is 1.00. The average molecular weight is 253 g/mol. The first-order valence-electron chi connectivity index (χ1n) is 7.86. The van der Waals surface area contributed by atoms with Crippen LogP contribution in [0.25, 0.3) is 0 Å². The van der Waals surface area contributed by atoms with Crippen molar-refractivity contribution in [1.29, 1.82) is 0 Å². The molecule has 2 aliphatic rings. The molecule has 0 aromatic carbocycles. The summed E-state index contributed by atoms with van der Waals surface area (Å²) >= 11 is 0. The molecular formula is C15H31N3. The molecule has 3 nitrogen and oxygen atoms in total. The normalized spacial score (nSPS) is 35.8. The summed E-state index contributed by atoms with van der Waals surface area (Å²) in [4.78, 5) is 5.18. The zero-order valence-corrected chi connectivity index (χ0v) is 12.5. The van der Waals surface area contributed by atoms with Crippen molar-refractivity contribution >= 4 is 0 Å². The van der Waals surface area contributed by atoms with Crippen molar-refractivity contribution in [3.05, 3.63) is 0 Å². The molecule has 3 atom stereocenters. The molecule has 106 valence electrons. The van der Waals surface area contributed by atoms with E-state index in [1.807, 2.05) is 0 Å². The summed E-state index contributed by atoms with van der Waals surface area (Å²) in [5.74, 6) is 0.884. The number of rotatable bonds is 4. The summed E-state index contributed by atoms with van der Waals surface area (Å²) in [7, 11) is 2.25. The number of likely N-dealkylation sites (N-methyl/N-ethyl adjacent to an activating group) is 1. The molecule has 18 heavy (non-hydrogen) atoms. The lowest BCUT2D eigenvalue weighted by atomic mass is 9.84. The van der Waals surface area contributed by atoms with Gasteiger partial charge in [-0.25, -0.2) is 0 Å². The molecule has 1 aliphatic carbocycles. The first-order valence-corrected chi connectivity index (χ1v) is 7.86. The summed E-state index contributed by atoms with van der Waals surface area (Å²) in [6.45, 7) is 10.8. The number of nitrogens with one attached hydrogen (secondary N) is 1. The lowest BCUT2D eigenvalue weighted by molar-refractivity contribution is 0.0783. The Kier molecular flexibility index (Phi) is 5.46. The number of hydrogen-bond acceptors (Lipinski definition) is 3. The third-order valence-corrected chi connectivity index (χ3v) is 4.91. The fourth-order valence-corrected chi connectivity index (χ4v) is 3.58. The maximum atomic E-state index is 3.71. The largest absolute Gasteiger partial charge is 0.314 e. The third kappa shape index (κ3) is 3.69. The van der Waals surface area contributed by atoms with Crippen LogP contribution in [0.1, 0.15) is 39.5 Å². The van der Waals surface area contributed by atoms with Crippen molar-refractivity contribution in [2.24, 2.45) is 5.92 Å². The Morgan fingerprint density at radius 1 is 1.17 bits per heavy atom. The molecule has 0 aromatic rings. The highest BCUT2D eigenvalue weighted by molar-refractivity contribution is 4.85. The van der Waals surface area contributed by atoms with Crippen LogP contribution in [0.15, 0.2) is 0 Å². The molecule has 1 N–H and O–H groups in total. The van der Waals surface area contributed by atoms with E-state index in [0.717, 1.165) is 24.5 Å². The van der Waals surface area contributed by atoms with Gasteiger partial charge in [-0.05, 0) is 39.3 Å². The van der Waals surface area contributed by atoms with Gasteiger partial charge < -0.3 is 15.1 Å². The van der Waals surface area contributed by atoms with E-state index in [1.165, 1.54) is 51.9 Å².